The van der Waals surface area contributed by atoms with Crippen LogP contribution in [-0.4, -0.2) is 101 Å². The standard InChI is InChI=1S/C53H52N8O10S2/c1-32(73-51-56-58-59-57-51)39-31-72-47-40(46(63)60(47)42(39)50(66)70-44(36-26-16-8-17-27-36)37-28-18-9-19-29-37)55-45(62)41(33-20-10-5-11-21-33)61(54)52(67)68-30-38(49(65)71-53(2,3)4)48(64)69-43(34-22-12-6-13-23-34)35-24-14-7-15-25-35/h5-29,32,38,40-41,43-44,47H,30-31,54H2,1-4H3,(H,55,62)(H,56,57,58,59)/t32?,38-,40-,41-,47-/m1/s1. The molecular formula is C53H52N8O10S2. The molecule has 2 aliphatic rings. The van der Waals surface area contributed by atoms with Crippen LogP contribution in [0.4, 0.5) is 4.79 Å². The highest BCUT2D eigenvalue weighted by Gasteiger charge is 2.56. The van der Waals surface area contributed by atoms with Crippen molar-refractivity contribution in [3.8, 4) is 0 Å². The van der Waals surface area contributed by atoms with E-state index in [0.717, 1.165) is 0 Å². The van der Waals surface area contributed by atoms with Crippen molar-refractivity contribution in [3.05, 3.63) is 191 Å². The topological polar surface area (TPSA) is 238 Å². The second-order valence-corrected chi connectivity index (χ2v) is 20.3. The van der Waals surface area contributed by atoms with Crippen LogP contribution in [0.25, 0.3) is 0 Å². The Balaban J connectivity index is 1.02. The van der Waals surface area contributed by atoms with Crippen molar-refractivity contribution in [3.63, 3.8) is 0 Å². The molecule has 1 fully saturated rings. The lowest BCUT2D eigenvalue weighted by Gasteiger charge is -2.50. The van der Waals surface area contributed by atoms with Crippen LogP contribution in [0, 0.1) is 5.92 Å². The zero-order valence-corrected chi connectivity index (χ0v) is 41.7. The molecule has 6 aromatic rings. The molecule has 0 spiro atoms. The molecule has 1 unspecified atom stereocenters. The SMILES string of the molecule is CC(Sc1nn[nH]n1)C1=C(C(=O)OC(c2ccccc2)c2ccccc2)N2C(=O)[C@@H](NC(=O)[C@@H](c3ccccc3)N(N)C(=O)OC[C@H](C(=O)OC(c3ccccc3)c3ccccc3)C(=O)OC(C)(C)C)[C@H]2SC1. The van der Waals surface area contributed by atoms with Crippen molar-refractivity contribution in [1.82, 2.24) is 35.8 Å². The van der Waals surface area contributed by atoms with Crippen molar-refractivity contribution in [2.24, 2.45) is 11.8 Å². The fourth-order valence-corrected chi connectivity index (χ4v) is 10.6. The quantitative estimate of drug-likeness (QED) is 0.0115. The summed E-state index contributed by atoms with van der Waals surface area (Å²) in [6, 6.07) is 41.5. The highest BCUT2D eigenvalue weighted by Crippen LogP contribution is 2.45. The first-order valence-corrected chi connectivity index (χ1v) is 25.1. The number of amides is 3. The maximum Gasteiger partial charge on any atom is 0.425 e. The number of β-lactam (4-membered cyclic amide) rings is 1. The van der Waals surface area contributed by atoms with Gasteiger partial charge < -0.3 is 24.3 Å². The number of thioether (sulfide) groups is 2. The van der Waals surface area contributed by atoms with Gasteiger partial charge in [-0.3, -0.25) is 24.1 Å². The summed E-state index contributed by atoms with van der Waals surface area (Å²) >= 11 is 2.55. The minimum Gasteiger partial charge on any atom is -0.459 e. The van der Waals surface area contributed by atoms with Gasteiger partial charge in [-0.1, -0.05) is 163 Å². The molecule has 2 aliphatic heterocycles. The number of carbonyl (C=O) groups excluding carboxylic acids is 6. The summed E-state index contributed by atoms with van der Waals surface area (Å²) in [7, 11) is 0. The molecule has 5 atom stereocenters. The second kappa shape index (κ2) is 23.2. The smallest absolute Gasteiger partial charge is 0.425 e. The largest absolute Gasteiger partial charge is 0.459 e. The number of H-pyrrole nitrogens is 1. The van der Waals surface area contributed by atoms with E-state index < -0.39 is 88.9 Å². The summed E-state index contributed by atoms with van der Waals surface area (Å²) in [5, 5.41) is 16.6. The van der Waals surface area contributed by atoms with Crippen LogP contribution >= 0.6 is 23.5 Å². The molecule has 0 radical (unpaired) electrons. The number of nitrogens with one attached hydrogen (secondary N) is 2. The molecule has 0 aliphatic carbocycles. The predicted octanol–water partition coefficient (Wildman–Crippen LogP) is 7.01. The number of fused-ring (bicyclic) bond motifs is 1. The Bertz CT molecular complexity index is 2840. The van der Waals surface area contributed by atoms with Gasteiger partial charge in [-0.15, -0.1) is 22.0 Å². The van der Waals surface area contributed by atoms with Gasteiger partial charge in [-0.2, -0.15) is 5.21 Å². The Morgan fingerprint density at radius 3 is 1.74 bits per heavy atom. The van der Waals surface area contributed by atoms with Crippen LogP contribution in [0.15, 0.2) is 168 Å². The number of hydrogen-bond donors (Lipinski definition) is 3. The number of hydrazine groups is 1. The predicted molar refractivity (Wildman–Crippen MR) is 269 cm³/mol. The van der Waals surface area contributed by atoms with E-state index >= 15 is 0 Å². The third kappa shape index (κ3) is 12.3. The lowest BCUT2D eigenvalue weighted by atomic mass is 9.99. The third-order valence-electron chi connectivity index (χ3n) is 11.7. The average molecular weight is 1030 g/mol. The van der Waals surface area contributed by atoms with Crippen molar-refractivity contribution >= 4 is 59.3 Å². The van der Waals surface area contributed by atoms with Gasteiger partial charge >= 0.3 is 24.0 Å². The van der Waals surface area contributed by atoms with E-state index in [0.29, 0.717) is 38.0 Å². The number of tetrazole rings is 1. The zero-order valence-electron chi connectivity index (χ0n) is 40.1. The molecule has 8 rings (SSSR count). The Labute approximate surface area is 429 Å². The van der Waals surface area contributed by atoms with Gasteiger partial charge in [0.25, 0.3) is 5.91 Å². The van der Waals surface area contributed by atoms with Gasteiger partial charge in [0.2, 0.25) is 11.1 Å². The van der Waals surface area contributed by atoms with Crippen molar-refractivity contribution in [2.75, 3.05) is 12.4 Å². The number of nitrogens with two attached hydrogens (primary N) is 1. The van der Waals surface area contributed by atoms with Crippen molar-refractivity contribution in [2.45, 2.75) is 73.4 Å². The van der Waals surface area contributed by atoms with Crippen LogP contribution in [0.1, 0.15) is 73.8 Å². The zero-order chi connectivity index (χ0) is 51.6. The van der Waals surface area contributed by atoms with Crippen LogP contribution in [-0.2, 0) is 42.9 Å². The average Bonchev–Trinajstić information content (AvgIpc) is 3.92. The maximum absolute atomic E-state index is 14.7. The number of esters is 3. The molecule has 1 saturated heterocycles. The number of rotatable bonds is 18. The molecule has 18 nitrogen and oxygen atoms in total. The fraction of sp³-hybridized carbons (Fsp3) is 0.264. The molecular weight excluding hydrogens is 973 g/mol. The summed E-state index contributed by atoms with van der Waals surface area (Å²) in [5.41, 5.74) is 2.43. The van der Waals surface area contributed by atoms with Gasteiger partial charge in [-0.25, -0.2) is 20.4 Å². The van der Waals surface area contributed by atoms with E-state index in [1.54, 1.807) is 99.6 Å². The highest BCUT2D eigenvalue weighted by molar-refractivity contribution is 8.01. The minimum atomic E-state index is -1.78. The molecule has 73 heavy (non-hydrogen) atoms. The Hall–Kier alpha value is -7.81. The summed E-state index contributed by atoms with van der Waals surface area (Å²) in [6.07, 6.45) is -3.07. The van der Waals surface area contributed by atoms with Crippen molar-refractivity contribution in [1.29, 1.82) is 0 Å². The van der Waals surface area contributed by atoms with E-state index in [1.807, 2.05) is 79.7 Å². The van der Waals surface area contributed by atoms with E-state index in [9.17, 15) is 28.8 Å². The molecule has 3 amide bonds. The Morgan fingerprint density at radius 2 is 1.26 bits per heavy atom. The van der Waals surface area contributed by atoms with Crippen molar-refractivity contribution < 1.29 is 47.7 Å². The van der Waals surface area contributed by atoms with Gasteiger partial charge in [0.1, 0.15) is 29.3 Å². The number of hydrogen-bond acceptors (Lipinski definition) is 16. The van der Waals surface area contributed by atoms with E-state index in [-0.39, 0.29) is 17.0 Å². The normalized spacial score (nSPS) is 16.6. The molecule has 376 valence electrons. The number of benzene rings is 5. The number of aromatic nitrogens is 4. The lowest BCUT2D eigenvalue weighted by molar-refractivity contribution is -0.173. The molecule has 20 heteroatoms. The first-order chi connectivity index (χ1) is 35.2. The number of ether oxygens (including phenoxy) is 4. The van der Waals surface area contributed by atoms with E-state index in [1.165, 1.54) is 28.4 Å². The van der Waals surface area contributed by atoms with E-state index in [4.69, 9.17) is 24.8 Å². The van der Waals surface area contributed by atoms with Gasteiger partial charge in [0.05, 0.1) is 0 Å². The molecule has 0 bridgehead atoms. The van der Waals surface area contributed by atoms with Crippen LogP contribution in [0.3, 0.4) is 0 Å². The number of carbonyl (C=O) groups is 6. The molecule has 0 saturated carbocycles. The number of nitrogens with zero attached hydrogens (tertiary/aromatic N) is 5. The summed E-state index contributed by atoms with van der Waals surface area (Å²) in [6.45, 7) is 5.83. The van der Waals surface area contributed by atoms with Gasteiger partial charge in [-0.05, 0) is 66.3 Å². The summed E-state index contributed by atoms with van der Waals surface area (Å²) < 4.78 is 23.4. The van der Waals surface area contributed by atoms with Gasteiger partial charge in [0, 0.05) is 11.0 Å². The molecule has 5 aromatic carbocycles. The molecule has 3 heterocycles. The Kier molecular flexibility index (Phi) is 16.4. The monoisotopic (exact) mass is 1020 g/mol. The fourth-order valence-electron chi connectivity index (χ4n) is 8.15. The first-order valence-electron chi connectivity index (χ1n) is 23.2. The maximum atomic E-state index is 14.7. The molecule has 1 aromatic heterocycles. The Morgan fingerprint density at radius 1 is 0.767 bits per heavy atom. The van der Waals surface area contributed by atoms with Gasteiger partial charge in [0.15, 0.2) is 24.2 Å². The third-order valence-corrected chi connectivity index (χ3v) is 14.0. The van der Waals surface area contributed by atoms with Crippen LogP contribution in [0.5, 0.6) is 0 Å². The lowest BCUT2D eigenvalue weighted by Crippen LogP contribution is -2.71. The number of aromatic amines is 1. The summed E-state index contributed by atoms with van der Waals surface area (Å²) in [5.74, 6) is 0.603. The first kappa shape index (κ1) is 51.5. The summed E-state index contributed by atoms with van der Waals surface area (Å²) in [4.78, 5) is 86.7. The molecule has 4 N–H and O–H groups in total. The van der Waals surface area contributed by atoms with Crippen LogP contribution < -0.4 is 11.2 Å². The van der Waals surface area contributed by atoms with E-state index in [2.05, 4.69) is 25.9 Å². The minimum absolute atomic E-state index is 0.0140. The second-order valence-electron chi connectivity index (χ2n) is 17.9. The van der Waals surface area contributed by atoms with Crippen LogP contribution in [0.2, 0.25) is 0 Å². The highest BCUT2D eigenvalue weighted by atomic mass is 32.2.